The van der Waals surface area contributed by atoms with Crippen molar-refractivity contribution in [1.29, 1.82) is 0 Å². The molecule has 0 aromatic heterocycles. The maximum atomic E-state index is 12.0. The average Bonchev–Trinajstić information content (AvgIpc) is 2.62. The van der Waals surface area contributed by atoms with E-state index in [4.69, 9.17) is 0 Å². The Morgan fingerprint density at radius 2 is 1.84 bits per heavy atom. The number of aliphatic hydroxyl groups is 1. The van der Waals surface area contributed by atoms with Gasteiger partial charge in [-0.2, -0.15) is 0 Å². The van der Waals surface area contributed by atoms with Gasteiger partial charge in [-0.3, -0.25) is 0 Å². The molecule has 0 radical (unpaired) electrons. The second kappa shape index (κ2) is 5.41. The minimum absolute atomic E-state index is 0.198. The van der Waals surface area contributed by atoms with Crippen molar-refractivity contribution in [3.63, 3.8) is 0 Å². The van der Waals surface area contributed by atoms with Crippen LogP contribution in [0.1, 0.15) is 25.3 Å². The fourth-order valence-electron chi connectivity index (χ4n) is 2.64. The van der Waals surface area contributed by atoms with Crippen molar-refractivity contribution in [3.8, 4) is 5.75 Å². The number of alkyl halides is 3. The summed E-state index contributed by atoms with van der Waals surface area (Å²) >= 11 is 0. The van der Waals surface area contributed by atoms with Crippen LogP contribution in [0.3, 0.4) is 0 Å². The summed E-state index contributed by atoms with van der Waals surface area (Å²) in [5.74, 6) is 0.436. The summed E-state index contributed by atoms with van der Waals surface area (Å²) in [5.41, 5.74) is 0.973. The molecule has 1 aromatic rings. The van der Waals surface area contributed by atoms with Crippen molar-refractivity contribution in [2.75, 3.05) is 0 Å². The van der Waals surface area contributed by atoms with E-state index in [9.17, 15) is 18.3 Å². The molecule has 1 saturated carbocycles. The first-order valence-electron chi connectivity index (χ1n) is 6.38. The molecule has 0 spiro atoms. The van der Waals surface area contributed by atoms with E-state index in [-0.39, 0.29) is 17.8 Å². The van der Waals surface area contributed by atoms with Crippen LogP contribution in [0.25, 0.3) is 0 Å². The predicted molar refractivity (Wildman–Crippen MR) is 64.7 cm³/mol. The maximum Gasteiger partial charge on any atom is 0.573 e. The van der Waals surface area contributed by atoms with Crippen molar-refractivity contribution in [2.24, 2.45) is 11.8 Å². The number of halogens is 3. The van der Waals surface area contributed by atoms with E-state index in [1.54, 1.807) is 12.1 Å². The number of ether oxygens (including phenoxy) is 1. The summed E-state index contributed by atoms with van der Waals surface area (Å²) in [4.78, 5) is 0. The molecule has 1 N–H and O–H groups in total. The fraction of sp³-hybridized carbons (Fsp3) is 0.571. The zero-order valence-electron chi connectivity index (χ0n) is 10.7. The second-order valence-electron chi connectivity index (χ2n) is 5.16. The zero-order valence-corrected chi connectivity index (χ0v) is 10.7. The van der Waals surface area contributed by atoms with Crippen molar-refractivity contribution in [1.82, 2.24) is 0 Å². The van der Waals surface area contributed by atoms with Crippen molar-refractivity contribution in [2.45, 2.75) is 38.7 Å². The molecular weight excluding hydrogens is 257 g/mol. The van der Waals surface area contributed by atoms with Gasteiger partial charge in [0.05, 0.1) is 6.10 Å². The summed E-state index contributed by atoms with van der Waals surface area (Å²) in [6.45, 7) is 2.02. The maximum absolute atomic E-state index is 12.0. The third-order valence-electron chi connectivity index (χ3n) is 3.84. The Morgan fingerprint density at radius 3 is 2.32 bits per heavy atom. The van der Waals surface area contributed by atoms with Gasteiger partial charge >= 0.3 is 6.36 Å². The summed E-state index contributed by atoms with van der Waals surface area (Å²) in [6.07, 6.45) is -2.35. The van der Waals surface area contributed by atoms with Crippen molar-refractivity contribution < 1.29 is 23.0 Å². The molecule has 0 aliphatic heterocycles. The molecule has 0 saturated heterocycles. The largest absolute Gasteiger partial charge is 0.573 e. The van der Waals surface area contributed by atoms with Gasteiger partial charge in [-0.15, -0.1) is 13.2 Å². The van der Waals surface area contributed by atoms with E-state index in [1.165, 1.54) is 12.1 Å². The Kier molecular flexibility index (Phi) is 4.04. The Morgan fingerprint density at radius 1 is 1.21 bits per heavy atom. The van der Waals surface area contributed by atoms with E-state index in [1.807, 2.05) is 6.92 Å². The van der Waals surface area contributed by atoms with Gasteiger partial charge < -0.3 is 9.84 Å². The lowest BCUT2D eigenvalue weighted by atomic mass is 9.90. The van der Waals surface area contributed by atoms with Crippen LogP contribution in [-0.2, 0) is 6.42 Å². The van der Waals surface area contributed by atoms with Crippen molar-refractivity contribution in [3.05, 3.63) is 29.8 Å². The summed E-state index contributed by atoms with van der Waals surface area (Å²) < 4.78 is 39.9. The van der Waals surface area contributed by atoms with Gasteiger partial charge in [0.25, 0.3) is 0 Å². The molecule has 3 unspecified atom stereocenters. The highest BCUT2D eigenvalue weighted by atomic mass is 19.4. The van der Waals surface area contributed by atoms with Crippen LogP contribution in [-0.4, -0.2) is 17.6 Å². The highest BCUT2D eigenvalue weighted by Gasteiger charge is 2.32. The van der Waals surface area contributed by atoms with Gasteiger partial charge in [-0.1, -0.05) is 19.1 Å². The minimum Gasteiger partial charge on any atom is -0.406 e. The SMILES string of the molecule is CC1C(O)CCC1Cc1ccc(OC(F)(F)F)cc1. The van der Waals surface area contributed by atoms with Crippen LogP contribution in [0.5, 0.6) is 5.75 Å². The number of hydrogen-bond donors (Lipinski definition) is 1. The van der Waals surface area contributed by atoms with Gasteiger partial charge in [0.1, 0.15) is 5.75 Å². The van der Waals surface area contributed by atoms with Gasteiger partial charge in [0.2, 0.25) is 0 Å². The molecule has 0 amide bonds. The fourth-order valence-corrected chi connectivity index (χ4v) is 2.64. The highest BCUT2D eigenvalue weighted by molar-refractivity contribution is 5.27. The third kappa shape index (κ3) is 3.86. The molecule has 1 aromatic carbocycles. The van der Waals surface area contributed by atoms with Crippen LogP contribution < -0.4 is 4.74 Å². The van der Waals surface area contributed by atoms with E-state index in [0.717, 1.165) is 24.8 Å². The molecular formula is C14H17F3O2. The quantitative estimate of drug-likeness (QED) is 0.913. The topological polar surface area (TPSA) is 29.5 Å². The molecule has 0 bridgehead atoms. The third-order valence-corrected chi connectivity index (χ3v) is 3.84. The summed E-state index contributed by atoms with van der Waals surface area (Å²) in [7, 11) is 0. The van der Waals surface area contributed by atoms with E-state index < -0.39 is 6.36 Å². The van der Waals surface area contributed by atoms with E-state index in [0.29, 0.717) is 5.92 Å². The van der Waals surface area contributed by atoms with Crippen molar-refractivity contribution >= 4 is 0 Å². The zero-order chi connectivity index (χ0) is 14.0. The lowest BCUT2D eigenvalue weighted by Crippen LogP contribution is -2.17. The number of benzene rings is 1. The molecule has 1 fully saturated rings. The van der Waals surface area contributed by atoms with Crippen LogP contribution in [0.2, 0.25) is 0 Å². The Hall–Kier alpha value is -1.23. The molecule has 5 heteroatoms. The highest BCUT2D eigenvalue weighted by Crippen LogP contribution is 2.34. The second-order valence-corrected chi connectivity index (χ2v) is 5.16. The predicted octanol–water partition coefficient (Wildman–Crippen LogP) is 3.53. The molecule has 3 atom stereocenters. The first kappa shape index (κ1) is 14.2. The molecule has 1 aliphatic carbocycles. The Labute approximate surface area is 110 Å². The number of aliphatic hydroxyl groups excluding tert-OH is 1. The summed E-state index contributed by atoms with van der Waals surface area (Å²) in [5, 5.41) is 9.67. The molecule has 19 heavy (non-hydrogen) atoms. The van der Waals surface area contributed by atoms with Crippen LogP contribution >= 0.6 is 0 Å². The lowest BCUT2D eigenvalue weighted by Gasteiger charge is -2.17. The lowest BCUT2D eigenvalue weighted by molar-refractivity contribution is -0.274. The normalized spacial score (nSPS) is 27.5. The van der Waals surface area contributed by atoms with E-state index in [2.05, 4.69) is 4.74 Å². The monoisotopic (exact) mass is 274 g/mol. The molecule has 1 aliphatic rings. The number of hydrogen-bond acceptors (Lipinski definition) is 2. The van der Waals surface area contributed by atoms with Gasteiger partial charge in [0, 0.05) is 0 Å². The molecule has 2 rings (SSSR count). The number of rotatable bonds is 3. The molecule has 106 valence electrons. The Balaban J connectivity index is 1.96. The average molecular weight is 274 g/mol. The van der Waals surface area contributed by atoms with Gasteiger partial charge in [-0.25, -0.2) is 0 Å². The molecule has 0 heterocycles. The molecule has 2 nitrogen and oxygen atoms in total. The van der Waals surface area contributed by atoms with Crippen LogP contribution in [0.4, 0.5) is 13.2 Å². The van der Waals surface area contributed by atoms with E-state index >= 15 is 0 Å². The smallest absolute Gasteiger partial charge is 0.406 e. The minimum atomic E-state index is -4.65. The Bertz CT molecular complexity index is 414. The van der Waals surface area contributed by atoms with Gasteiger partial charge in [0.15, 0.2) is 0 Å². The standard InChI is InChI=1S/C14H17F3O2/c1-9-11(4-7-13(9)18)8-10-2-5-12(6-3-10)19-14(15,16)17/h2-3,5-6,9,11,13,18H,4,7-8H2,1H3. The van der Waals surface area contributed by atoms with Gasteiger partial charge in [-0.05, 0) is 48.8 Å². The summed E-state index contributed by atoms with van der Waals surface area (Å²) in [6, 6.07) is 5.97. The van der Waals surface area contributed by atoms with Crippen LogP contribution in [0.15, 0.2) is 24.3 Å². The first-order valence-corrected chi connectivity index (χ1v) is 6.38. The van der Waals surface area contributed by atoms with Crippen LogP contribution in [0, 0.1) is 11.8 Å². The first-order chi connectivity index (χ1) is 8.85.